The van der Waals surface area contributed by atoms with Crippen LogP contribution in [0.2, 0.25) is 0 Å². The van der Waals surface area contributed by atoms with Gasteiger partial charge in [-0.15, -0.1) is 0 Å². The molecule has 2 heterocycles. The Hall–Kier alpha value is -3.33. The zero-order chi connectivity index (χ0) is 21.5. The highest BCUT2D eigenvalue weighted by Crippen LogP contribution is 2.38. The summed E-state index contributed by atoms with van der Waals surface area (Å²) in [5, 5.41) is 4.21. The van der Waals surface area contributed by atoms with Crippen LogP contribution in [-0.2, 0) is 10.0 Å². The van der Waals surface area contributed by atoms with E-state index in [0.29, 0.717) is 17.2 Å². The lowest BCUT2D eigenvalue weighted by molar-refractivity contribution is 0.0782. The van der Waals surface area contributed by atoms with Gasteiger partial charge in [-0.1, -0.05) is 32.0 Å². The van der Waals surface area contributed by atoms with E-state index in [9.17, 15) is 13.2 Å². The molecule has 1 aliphatic rings. The first-order valence-corrected chi connectivity index (χ1v) is 10.8. The number of benzene rings is 2. The number of hydrogen-bond acceptors (Lipinski definition) is 6. The van der Waals surface area contributed by atoms with Crippen molar-refractivity contribution in [2.45, 2.75) is 24.7 Å². The molecule has 156 valence electrons. The number of sulfonamides is 1. The van der Waals surface area contributed by atoms with Gasteiger partial charge in [0.05, 0.1) is 24.6 Å². The van der Waals surface area contributed by atoms with E-state index in [0.717, 1.165) is 9.99 Å². The number of hydrogen-bond donors (Lipinski definition) is 0. The van der Waals surface area contributed by atoms with Crippen LogP contribution < -0.4 is 9.47 Å². The molecule has 1 aliphatic heterocycles. The van der Waals surface area contributed by atoms with Gasteiger partial charge >= 0.3 is 0 Å². The molecule has 0 bridgehead atoms. The summed E-state index contributed by atoms with van der Waals surface area (Å²) in [6.45, 7) is 3.33. The summed E-state index contributed by atoms with van der Waals surface area (Å²) in [6, 6.07) is 14.0. The molecule has 1 aromatic heterocycles. The Balaban J connectivity index is 1.67. The van der Waals surface area contributed by atoms with E-state index < -0.39 is 22.7 Å². The van der Waals surface area contributed by atoms with Crippen LogP contribution in [0.25, 0.3) is 5.69 Å². The fraction of sp³-hybridized carbons (Fsp3) is 0.238. The molecule has 0 radical (unpaired) electrons. The van der Waals surface area contributed by atoms with Gasteiger partial charge in [-0.25, -0.2) is 13.1 Å². The third-order valence-corrected chi connectivity index (χ3v) is 6.64. The van der Waals surface area contributed by atoms with E-state index in [1.807, 2.05) is 44.2 Å². The number of aromatic nitrogens is 2. The number of carbonyl (C=O) groups is 1. The largest absolute Gasteiger partial charge is 0.497 e. The molecular weight excluding hydrogens is 406 g/mol. The lowest BCUT2D eigenvalue weighted by Gasteiger charge is -2.16. The first-order chi connectivity index (χ1) is 14.3. The summed E-state index contributed by atoms with van der Waals surface area (Å²) in [6.07, 6.45) is 1.54. The predicted octanol–water partition coefficient (Wildman–Crippen LogP) is 3.19. The predicted molar refractivity (Wildman–Crippen MR) is 109 cm³/mol. The van der Waals surface area contributed by atoms with Crippen LogP contribution in [0.1, 0.15) is 35.7 Å². The second kappa shape index (κ2) is 7.49. The molecule has 8 nitrogen and oxygen atoms in total. The van der Waals surface area contributed by atoms with Gasteiger partial charge in [0.1, 0.15) is 10.6 Å². The van der Waals surface area contributed by atoms with Crippen molar-refractivity contribution in [1.82, 2.24) is 14.1 Å². The maximum absolute atomic E-state index is 13.1. The summed E-state index contributed by atoms with van der Waals surface area (Å²) in [7, 11) is -2.61. The fourth-order valence-corrected chi connectivity index (χ4v) is 4.85. The van der Waals surface area contributed by atoms with Gasteiger partial charge in [0.15, 0.2) is 6.73 Å². The third kappa shape index (κ3) is 3.21. The lowest BCUT2D eigenvalue weighted by atomic mass is 9.96. The van der Waals surface area contributed by atoms with Crippen LogP contribution >= 0.6 is 0 Å². The molecule has 0 saturated carbocycles. The Morgan fingerprint density at radius 3 is 2.50 bits per heavy atom. The molecule has 0 unspecified atom stereocenters. The Bertz CT molecular complexity index is 1200. The van der Waals surface area contributed by atoms with Gasteiger partial charge < -0.3 is 9.47 Å². The zero-order valence-electron chi connectivity index (χ0n) is 16.8. The molecular formula is C21H21N3O5S. The summed E-state index contributed by atoms with van der Waals surface area (Å²) in [4.78, 5) is 13.0. The number of ether oxygens (including phenoxy) is 2. The van der Waals surface area contributed by atoms with Gasteiger partial charge in [0, 0.05) is 12.1 Å². The van der Waals surface area contributed by atoms with Crippen molar-refractivity contribution in [1.29, 1.82) is 0 Å². The third-order valence-electron chi connectivity index (χ3n) is 4.91. The van der Waals surface area contributed by atoms with Gasteiger partial charge in [0.2, 0.25) is 5.88 Å². The molecule has 2 aromatic carbocycles. The van der Waals surface area contributed by atoms with E-state index in [2.05, 4.69) is 5.10 Å². The van der Waals surface area contributed by atoms with Gasteiger partial charge in [-0.3, -0.25) is 4.79 Å². The van der Waals surface area contributed by atoms with Crippen molar-refractivity contribution in [2.75, 3.05) is 13.8 Å². The molecule has 9 heteroatoms. The van der Waals surface area contributed by atoms with E-state index >= 15 is 0 Å². The number of fused-ring (bicyclic) bond motifs is 1. The smallest absolute Gasteiger partial charge is 0.272 e. The Kier molecular flexibility index (Phi) is 4.98. The van der Waals surface area contributed by atoms with Crippen LogP contribution in [0.4, 0.5) is 0 Å². The monoisotopic (exact) mass is 427 g/mol. The summed E-state index contributed by atoms with van der Waals surface area (Å²) in [5.74, 6) is 0.0380. The second-order valence-corrected chi connectivity index (χ2v) is 8.92. The Morgan fingerprint density at radius 2 is 1.83 bits per heavy atom. The first-order valence-electron chi connectivity index (χ1n) is 9.36. The quantitative estimate of drug-likeness (QED) is 0.600. The minimum absolute atomic E-state index is 0.0595. The average Bonchev–Trinajstić information content (AvgIpc) is 3.28. The summed E-state index contributed by atoms with van der Waals surface area (Å²) >= 11 is 0. The molecule has 3 aromatic rings. The van der Waals surface area contributed by atoms with Crippen molar-refractivity contribution < 1.29 is 22.7 Å². The van der Waals surface area contributed by atoms with Crippen molar-refractivity contribution >= 4 is 15.9 Å². The van der Waals surface area contributed by atoms with Crippen molar-refractivity contribution in [3.05, 3.63) is 65.9 Å². The highest BCUT2D eigenvalue weighted by Gasteiger charge is 2.44. The Labute approximate surface area is 174 Å². The molecule has 30 heavy (non-hydrogen) atoms. The maximum atomic E-state index is 13.1. The van der Waals surface area contributed by atoms with Crippen LogP contribution in [0.5, 0.6) is 11.6 Å². The minimum atomic E-state index is -4.07. The van der Waals surface area contributed by atoms with E-state index in [4.69, 9.17) is 9.47 Å². The normalized spacial score (nSPS) is 14.8. The van der Waals surface area contributed by atoms with E-state index in [-0.39, 0.29) is 16.4 Å². The molecule has 0 N–H and O–H groups in total. The molecule has 0 fully saturated rings. The molecule has 1 amide bonds. The van der Waals surface area contributed by atoms with Crippen LogP contribution in [0.3, 0.4) is 0 Å². The number of methoxy groups -OCH3 is 1. The highest BCUT2D eigenvalue weighted by molar-refractivity contribution is 7.90. The number of amides is 1. The number of carbonyl (C=O) groups excluding carboxylic acids is 1. The van der Waals surface area contributed by atoms with Gasteiger partial charge in [-0.05, 0) is 29.7 Å². The SMILES string of the molecule is COc1cc(C(C)C)c2c(c1)S(=O)(=O)N(COc1ccnn1-c1ccccc1)C2=O. The topological polar surface area (TPSA) is 90.7 Å². The second-order valence-electron chi connectivity index (χ2n) is 7.09. The highest BCUT2D eigenvalue weighted by atomic mass is 32.2. The van der Waals surface area contributed by atoms with Crippen molar-refractivity contribution in [3.8, 4) is 17.3 Å². The average molecular weight is 427 g/mol. The number of nitrogens with zero attached hydrogens (tertiary/aromatic N) is 3. The number of rotatable bonds is 6. The summed E-state index contributed by atoms with van der Waals surface area (Å²) < 4.78 is 39.4. The van der Waals surface area contributed by atoms with Crippen LogP contribution in [0.15, 0.2) is 59.6 Å². The van der Waals surface area contributed by atoms with Gasteiger partial charge in [-0.2, -0.15) is 9.40 Å². The number of para-hydroxylation sites is 1. The van der Waals surface area contributed by atoms with E-state index in [1.54, 1.807) is 18.3 Å². The maximum Gasteiger partial charge on any atom is 0.272 e. The Morgan fingerprint density at radius 1 is 1.10 bits per heavy atom. The first kappa shape index (κ1) is 20.0. The molecule has 0 aliphatic carbocycles. The molecule has 0 atom stereocenters. The van der Waals surface area contributed by atoms with E-state index in [1.165, 1.54) is 17.9 Å². The van der Waals surface area contributed by atoms with Gasteiger partial charge in [0.25, 0.3) is 15.9 Å². The fourth-order valence-electron chi connectivity index (χ4n) is 3.39. The minimum Gasteiger partial charge on any atom is -0.497 e. The van der Waals surface area contributed by atoms with Crippen LogP contribution in [0, 0.1) is 0 Å². The van der Waals surface area contributed by atoms with Crippen molar-refractivity contribution in [3.63, 3.8) is 0 Å². The van der Waals surface area contributed by atoms with Crippen LogP contribution in [-0.4, -0.2) is 42.3 Å². The lowest BCUT2D eigenvalue weighted by Crippen LogP contribution is -2.34. The van der Waals surface area contributed by atoms with Crippen molar-refractivity contribution in [2.24, 2.45) is 0 Å². The molecule has 4 rings (SSSR count). The zero-order valence-corrected chi connectivity index (χ0v) is 17.6. The molecule has 0 spiro atoms. The summed E-state index contributed by atoms with van der Waals surface area (Å²) in [5.41, 5.74) is 1.55. The molecule has 0 saturated heterocycles. The standard InChI is InChI=1S/C21H21N3O5S/c1-14(2)17-11-16(28-3)12-18-20(17)21(25)23(30(18,26)27)13-29-19-9-10-22-24(19)15-7-5-4-6-8-15/h4-12,14H,13H2,1-3H3.